The molecular weight excluding hydrogens is 264 g/mol. The van der Waals surface area contributed by atoms with Gasteiger partial charge in [0.15, 0.2) is 5.03 Å². The van der Waals surface area contributed by atoms with E-state index in [1.54, 1.807) is 7.11 Å². The van der Waals surface area contributed by atoms with Crippen LogP contribution in [0.3, 0.4) is 0 Å². The summed E-state index contributed by atoms with van der Waals surface area (Å²) in [6.07, 6.45) is 3.07. The van der Waals surface area contributed by atoms with Crippen molar-refractivity contribution in [3.63, 3.8) is 0 Å². The van der Waals surface area contributed by atoms with Gasteiger partial charge in [-0.25, -0.2) is 13.4 Å². The molecular formula is C10H17ClN2O3S. The third kappa shape index (κ3) is 3.69. The van der Waals surface area contributed by atoms with Crippen molar-refractivity contribution in [1.29, 1.82) is 0 Å². The largest absolute Gasteiger partial charge is 0.383 e. The minimum absolute atomic E-state index is 0.0289. The van der Waals surface area contributed by atoms with Gasteiger partial charge in [0.2, 0.25) is 0 Å². The van der Waals surface area contributed by atoms with Crippen LogP contribution in [0.1, 0.15) is 32.1 Å². The zero-order valence-corrected chi connectivity index (χ0v) is 11.8. The van der Waals surface area contributed by atoms with Crippen molar-refractivity contribution >= 4 is 19.7 Å². The Labute approximate surface area is 106 Å². The first-order valence-electron chi connectivity index (χ1n) is 5.41. The van der Waals surface area contributed by atoms with Crippen LogP contribution in [0.5, 0.6) is 0 Å². The highest BCUT2D eigenvalue weighted by atomic mass is 35.7. The number of nitrogens with zero attached hydrogens (tertiary/aromatic N) is 2. The number of halogens is 1. The Balaban J connectivity index is 3.13. The van der Waals surface area contributed by atoms with Crippen molar-refractivity contribution in [2.24, 2.45) is 0 Å². The number of aryl methyl sites for hydroxylation is 1. The van der Waals surface area contributed by atoms with Gasteiger partial charge in [-0.1, -0.05) is 6.92 Å². The zero-order valence-electron chi connectivity index (χ0n) is 10.2. The SMILES string of the molecule is CCCc1nc(S(=O)(=O)Cl)cn1C(C)COC. The highest BCUT2D eigenvalue weighted by molar-refractivity contribution is 8.13. The molecule has 0 spiro atoms. The van der Waals surface area contributed by atoms with Crippen LogP contribution in [-0.4, -0.2) is 31.7 Å². The molecule has 98 valence electrons. The normalized spacial score (nSPS) is 13.9. The van der Waals surface area contributed by atoms with Crippen LogP contribution in [0, 0.1) is 0 Å². The summed E-state index contributed by atoms with van der Waals surface area (Å²) in [6.45, 7) is 4.44. The van der Waals surface area contributed by atoms with E-state index in [4.69, 9.17) is 15.4 Å². The summed E-state index contributed by atoms with van der Waals surface area (Å²) in [6, 6.07) is 0.0289. The van der Waals surface area contributed by atoms with E-state index in [1.165, 1.54) is 6.20 Å². The predicted octanol–water partition coefficient (Wildman–Crippen LogP) is 1.97. The summed E-state index contributed by atoms with van der Waals surface area (Å²) in [5.74, 6) is 0.719. The van der Waals surface area contributed by atoms with Crippen LogP contribution in [0.4, 0.5) is 0 Å². The number of ether oxygens (including phenoxy) is 1. The standard InChI is InChI=1S/C10H17ClN2O3S/c1-4-5-9-12-10(17(11,14)15)6-13(9)8(2)7-16-3/h6,8H,4-5,7H2,1-3H3. The smallest absolute Gasteiger partial charge is 0.280 e. The third-order valence-corrected chi connectivity index (χ3v) is 3.56. The Bertz CT molecular complexity index is 470. The lowest BCUT2D eigenvalue weighted by atomic mass is 10.3. The number of hydrogen-bond donors (Lipinski definition) is 0. The maximum Gasteiger partial charge on any atom is 0.280 e. The molecule has 0 N–H and O–H groups in total. The summed E-state index contributed by atoms with van der Waals surface area (Å²) in [7, 11) is 3.12. The highest BCUT2D eigenvalue weighted by Gasteiger charge is 2.19. The minimum Gasteiger partial charge on any atom is -0.383 e. The van der Waals surface area contributed by atoms with Crippen LogP contribution < -0.4 is 0 Å². The number of imidazole rings is 1. The Kier molecular flexibility index (Phi) is 4.97. The van der Waals surface area contributed by atoms with Gasteiger partial charge in [0.05, 0.1) is 12.6 Å². The first kappa shape index (κ1) is 14.5. The van der Waals surface area contributed by atoms with Crippen LogP contribution in [0.15, 0.2) is 11.2 Å². The lowest BCUT2D eigenvalue weighted by Gasteiger charge is -2.14. The average Bonchev–Trinajstić information content (AvgIpc) is 2.62. The average molecular weight is 281 g/mol. The van der Waals surface area contributed by atoms with Gasteiger partial charge in [-0.3, -0.25) is 0 Å². The lowest BCUT2D eigenvalue weighted by Crippen LogP contribution is -2.13. The van der Waals surface area contributed by atoms with Crippen molar-refractivity contribution in [3.8, 4) is 0 Å². The number of aromatic nitrogens is 2. The molecule has 0 aliphatic rings. The summed E-state index contributed by atoms with van der Waals surface area (Å²) < 4.78 is 29.3. The molecule has 1 aromatic rings. The molecule has 1 aromatic heterocycles. The molecule has 0 fully saturated rings. The second-order valence-corrected chi connectivity index (χ2v) is 6.41. The van der Waals surface area contributed by atoms with Gasteiger partial charge < -0.3 is 9.30 Å². The predicted molar refractivity (Wildman–Crippen MR) is 65.8 cm³/mol. The molecule has 17 heavy (non-hydrogen) atoms. The first-order chi connectivity index (χ1) is 7.90. The molecule has 1 atom stereocenters. The highest BCUT2D eigenvalue weighted by Crippen LogP contribution is 2.19. The van der Waals surface area contributed by atoms with E-state index >= 15 is 0 Å². The van der Waals surface area contributed by atoms with Crippen molar-refractivity contribution in [2.75, 3.05) is 13.7 Å². The molecule has 1 unspecified atom stereocenters. The van der Waals surface area contributed by atoms with Gasteiger partial charge in [0.1, 0.15) is 5.82 Å². The fraction of sp³-hybridized carbons (Fsp3) is 0.700. The molecule has 0 aromatic carbocycles. The van der Waals surface area contributed by atoms with Crippen LogP contribution in [0.2, 0.25) is 0 Å². The molecule has 0 radical (unpaired) electrons. The van der Waals surface area contributed by atoms with Gasteiger partial charge in [0.25, 0.3) is 9.05 Å². The monoisotopic (exact) mass is 280 g/mol. The molecule has 0 aliphatic heterocycles. The molecule has 1 rings (SSSR count). The van der Waals surface area contributed by atoms with Gasteiger partial charge in [-0.2, -0.15) is 0 Å². The summed E-state index contributed by atoms with van der Waals surface area (Å²) in [5, 5.41) is -0.0921. The third-order valence-electron chi connectivity index (χ3n) is 2.39. The number of hydrogen-bond acceptors (Lipinski definition) is 4. The molecule has 0 saturated heterocycles. The van der Waals surface area contributed by atoms with E-state index in [1.807, 2.05) is 18.4 Å². The molecule has 7 heteroatoms. The maximum atomic E-state index is 11.2. The molecule has 0 aliphatic carbocycles. The van der Waals surface area contributed by atoms with E-state index in [-0.39, 0.29) is 11.1 Å². The minimum atomic E-state index is -3.77. The van der Waals surface area contributed by atoms with Gasteiger partial charge in [-0.05, 0) is 13.3 Å². The molecule has 0 amide bonds. The fourth-order valence-electron chi connectivity index (χ4n) is 1.64. The van der Waals surface area contributed by atoms with Crippen molar-refractivity contribution < 1.29 is 13.2 Å². The zero-order chi connectivity index (χ0) is 13.1. The Morgan fingerprint density at radius 1 is 1.59 bits per heavy atom. The topological polar surface area (TPSA) is 61.2 Å². The first-order valence-corrected chi connectivity index (χ1v) is 7.72. The summed E-state index contributed by atoms with van der Waals surface area (Å²) in [5.41, 5.74) is 0. The van der Waals surface area contributed by atoms with Gasteiger partial charge in [-0.15, -0.1) is 0 Å². The number of methoxy groups -OCH3 is 1. The molecule has 0 saturated carbocycles. The maximum absolute atomic E-state index is 11.2. The van der Waals surface area contributed by atoms with Crippen LogP contribution in [-0.2, 0) is 20.2 Å². The lowest BCUT2D eigenvalue weighted by molar-refractivity contribution is 0.161. The van der Waals surface area contributed by atoms with Crippen molar-refractivity contribution in [2.45, 2.75) is 37.8 Å². The Morgan fingerprint density at radius 3 is 2.71 bits per heavy atom. The van der Waals surface area contributed by atoms with E-state index in [9.17, 15) is 8.42 Å². The van der Waals surface area contributed by atoms with Crippen LogP contribution in [0.25, 0.3) is 0 Å². The van der Waals surface area contributed by atoms with E-state index in [0.29, 0.717) is 13.0 Å². The van der Waals surface area contributed by atoms with Gasteiger partial charge in [0, 0.05) is 30.4 Å². The van der Waals surface area contributed by atoms with Gasteiger partial charge >= 0.3 is 0 Å². The second kappa shape index (κ2) is 5.84. The van der Waals surface area contributed by atoms with Crippen LogP contribution >= 0.6 is 10.7 Å². The van der Waals surface area contributed by atoms with E-state index < -0.39 is 9.05 Å². The fourth-order valence-corrected chi connectivity index (χ4v) is 2.31. The Hall–Kier alpha value is -0.590. The van der Waals surface area contributed by atoms with E-state index in [0.717, 1.165) is 12.2 Å². The summed E-state index contributed by atoms with van der Waals surface area (Å²) >= 11 is 0. The molecule has 1 heterocycles. The molecule has 5 nitrogen and oxygen atoms in total. The van der Waals surface area contributed by atoms with Crippen molar-refractivity contribution in [3.05, 3.63) is 12.0 Å². The Morgan fingerprint density at radius 2 is 2.24 bits per heavy atom. The number of rotatable bonds is 6. The van der Waals surface area contributed by atoms with Crippen molar-refractivity contribution in [1.82, 2.24) is 9.55 Å². The summed E-state index contributed by atoms with van der Waals surface area (Å²) in [4.78, 5) is 4.06. The van der Waals surface area contributed by atoms with E-state index in [2.05, 4.69) is 4.98 Å². The second-order valence-electron chi connectivity index (χ2n) is 3.89. The quantitative estimate of drug-likeness (QED) is 0.748. The molecule has 0 bridgehead atoms.